The molecule has 3 rings (SSSR count). The summed E-state index contributed by atoms with van der Waals surface area (Å²) < 4.78 is 1.57. The van der Waals surface area contributed by atoms with Gasteiger partial charge in [-0.25, -0.2) is 0 Å². The summed E-state index contributed by atoms with van der Waals surface area (Å²) in [6.07, 6.45) is 4.85. The molecule has 1 atom stereocenters. The van der Waals surface area contributed by atoms with Gasteiger partial charge in [-0.05, 0) is 24.8 Å². The van der Waals surface area contributed by atoms with Crippen molar-refractivity contribution in [3.8, 4) is 0 Å². The van der Waals surface area contributed by atoms with Gasteiger partial charge in [0.1, 0.15) is 0 Å². The van der Waals surface area contributed by atoms with Crippen molar-refractivity contribution < 1.29 is 4.79 Å². The van der Waals surface area contributed by atoms with Crippen LogP contribution in [0, 0.1) is 5.92 Å². The van der Waals surface area contributed by atoms with Crippen LogP contribution in [0.1, 0.15) is 25.1 Å². The molecular weight excluding hydrogens is 296 g/mol. The van der Waals surface area contributed by atoms with Crippen LogP contribution in [-0.4, -0.2) is 49.1 Å². The summed E-state index contributed by atoms with van der Waals surface area (Å²) in [5, 5.41) is 14.0. The van der Waals surface area contributed by atoms with Crippen LogP contribution in [0.3, 0.4) is 0 Å². The maximum atomic E-state index is 12.4. The van der Waals surface area contributed by atoms with Crippen LogP contribution in [-0.2, 0) is 17.8 Å². The molecule has 1 saturated heterocycles. The van der Waals surface area contributed by atoms with Crippen molar-refractivity contribution in [1.82, 2.24) is 30.1 Å². The molecule has 0 saturated carbocycles. The quantitative estimate of drug-likeness (QED) is 0.852. The van der Waals surface area contributed by atoms with Gasteiger partial charge < -0.3 is 9.47 Å². The fourth-order valence-corrected chi connectivity index (χ4v) is 3.00. The second-order valence-electron chi connectivity index (χ2n) is 5.86. The van der Waals surface area contributed by atoms with E-state index >= 15 is 0 Å². The van der Waals surface area contributed by atoms with Crippen LogP contribution >= 0.6 is 0 Å². The molecule has 23 heavy (non-hydrogen) atoms. The Bertz CT molecular complexity index is 696. The van der Waals surface area contributed by atoms with E-state index in [-0.39, 0.29) is 11.5 Å². The standard InChI is InChI=1S/C15H20N6O2/c22-14-5-1-2-7-20(14)9-6-15(23)21-8-3-4-12(11-21)10-13-16-18-19-17-13/h1-2,5,7,12H,3-4,6,8-11H2,(H,16,17,18,19). The highest BCUT2D eigenvalue weighted by Gasteiger charge is 2.24. The number of nitrogens with one attached hydrogen (secondary N) is 1. The minimum Gasteiger partial charge on any atom is -0.342 e. The predicted molar refractivity (Wildman–Crippen MR) is 82.5 cm³/mol. The second-order valence-corrected chi connectivity index (χ2v) is 5.86. The fourth-order valence-electron chi connectivity index (χ4n) is 3.00. The van der Waals surface area contributed by atoms with Crippen LogP contribution in [0.15, 0.2) is 29.2 Å². The maximum Gasteiger partial charge on any atom is 0.250 e. The van der Waals surface area contributed by atoms with E-state index in [9.17, 15) is 9.59 Å². The van der Waals surface area contributed by atoms with Crippen LogP contribution in [0.5, 0.6) is 0 Å². The van der Waals surface area contributed by atoms with E-state index in [1.165, 1.54) is 6.07 Å². The van der Waals surface area contributed by atoms with Gasteiger partial charge in [-0.1, -0.05) is 11.3 Å². The highest BCUT2D eigenvalue weighted by atomic mass is 16.2. The van der Waals surface area contributed by atoms with Crippen LogP contribution in [0.4, 0.5) is 0 Å². The highest BCUT2D eigenvalue weighted by Crippen LogP contribution is 2.19. The van der Waals surface area contributed by atoms with Crippen molar-refractivity contribution in [2.45, 2.75) is 32.2 Å². The first kappa shape index (κ1) is 15.4. The topological polar surface area (TPSA) is 96.8 Å². The Hall–Kier alpha value is -2.51. The molecular formula is C15H20N6O2. The minimum atomic E-state index is -0.0751. The second kappa shape index (κ2) is 7.17. The zero-order valence-electron chi connectivity index (χ0n) is 12.9. The summed E-state index contributed by atoms with van der Waals surface area (Å²) >= 11 is 0. The molecule has 1 aliphatic heterocycles. The number of hydrogen-bond acceptors (Lipinski definition) is 5. The average Bonchev–Trinajstić information content (AvgIpc) is 3.07. The van der Waals surface area contributed by atoms with Gasteiger partial charge in [0, 0.05) is 44.7 Å². The number of piperidine rings is 1. The number of carbonyl (C=O) groups excluding carboxylic acids is 1. The lowest BCUT2D eigenvalue weighted by Gasteiger charge is -2.32. The van der Waals surface area contributed by atoms with E-state index in [0.717, 1.165) is 32.4 Å². The molecule has 1 N–H and O–H groups in total. The minimum absolute atomic E-state index is 0.0751. The summed E-state index contributed by atoms with van der Waals surface area (Å²) in [5.41, 5.74) is -0.0751. The smallest absolute Gasteiger partial charge is 0.250 e. The third-order valence-electron chi connectivity index (χ3n) is 4.20. The number of aromatic amines is 1. The number of rotatable bonds is 5. The van der Waals surface area contributed by atoms with Crippen molar-refractivity contribution in [3.05, 3.63) is 40.6 Å². The third-order valence-corrected chi connectivity index (χ3v) is 4.20. The number of pyridine rings is 1. The van der Waals surface area contributed by atoms with Crippen molar-refractivity contribution >= 4 is 5.91 Å². The highest BCUT2D eigenvalue weighted by molar-refractivity contribution is 5.76. The predicted octanol–water partition coefficient (Wildman–Crippen LogP) is 0.233. The lowest BCUT2D eigenvalue weighted by atomic mass is 9.94. The normalized spacial score (nSPS) is 18.1. The summed E-state index contributed by atoms with van der Waals surface area (Å²) in [6, 6.07) is 5.01. The van der Waals surface area contributed by atoms with E-state index < -0.39 is 0 Å². The van der Waals surface area contributed by atoms with Crippen molar-refractivity contribution in [1.29, 1.82) is 0 Å². The zero-order valence-corrected chi connectivity index (χ0v) is 12.9. The number of aromatic nitrogens is 5. The van der Waals surface area contributed by atoms with E-state index in [1.807, 2.05) is 4.90 Å². The fraction of sp³-hybridized carbons (Fsp3) is 0.533. The number of H-pyrrole nitrogens is 1. The van der Waals surface area contributed by atoms with E-state index in [0.29, 0.717) is 24.7 Å². The van der Waals surface area contributed by atoms with Crippen molar-refractivity contribution in [2.24, 2.45) is 5.92 Å². The largest absolute Gasteiger partial charge is 0.342 e. The molecule has 8 nitrogen and oxygen atoms in total. The Labute approximate surface area is 133 Å². The number of likely N-dealkylation sites (tertiary alicyclic amines) is 1. The number of amides is 1. The van der Waals surface area contributed by atoms with Gasteiger partial charge in [0.2, 0.25) is 5.91 Å². The Morgan fingerprint density at radius 1 is 1.39 bits per heavy atom. The average molecular weight is 316 g/mol. The van der Waals surface area contributed by atoms with Crippen LogP contribution in [0.25, 0.3) is 0 Å². The van der Waals surface area contributed by atoms with Gasteiger partial charge in [-0.2, -0.15) is 5.21 Å². The Morgan fingerprint density at radius 2 is 2.30 bits per heavy atom. The molecule has 1 unspecified atom stereocenters. The van der Waals surface area contributed by atoms with Gasteiger partial charge in [0.15, 0.2) is 5.82 Å². The van der Waals surface area contributed by atoms with Crippen LogP contribution < -0.4 is 5.56 Å². The summed E-state index contributed by atoms with van der Waals surface area (Å²) in [4.78, 5) is 25.9. The molecule has 1 fully saturated rings. The number of carbonyl (C=O) groups is 1. The molecule has 0 aliphatic carbocycles. The van der Waals surface area contributed by atoms with E-state index in [4.69, 9.17) is 0 Å². The molecule has 0 bridgehead atoms. The first-order valence-corrected chi connectivity index (χ1v) is 7.88. The molecule has 0 aromatic carbocycles. The van der Waals surface area contributed by atoms with Crippen molar-refractivity contribution in [3.63, 3.8) is 0 Å². The van der Waals surface area contributed by atoms with Crippen molar-refractivity contribution in [2.75, 3.05) is 13.1 Å². The third kappa shape index (κ3) is 4.02. The summed E-state index contributed by atoms with van der Waals surface area (Å²) in [6.45, 7) is 1.92. The molecule has 1 amide bonds. The molecule has 1 aliphatic rings. The van der Waals surface area contributed by atoms with Gasteiger partial charge in [-0.15, -0.1) is 10.2 Å². The first-order valence-electron chi connectivity index (χ1n) is 7.88. The molecule has 8 heteroatoms. The Balaban J connectivity index is 1.52. The number of aryl methyl sites for hydroxylation is 1. The maximum absolute atomic E-state index is 12.4. The lowest BCUT2D eigenvalue weighted by molar-refractivity contribution is -0.133. The lowest BCUT2D eigenvalue weighted by Crippen LogP contribution is -2.41. The van der Waals surface area contributed by atoms with Gasteiger partial charge in [0.25, 0.3) is 5.56 Å². The molecule has 122 valence electrons. The molecule has 0 radical (unpaired) electrons. The SMILES string of the molecule is O=C(CCn1ccccc1=O)N1CCCC(Cc2nn[nH]n2)C1. The number of hydrogen-bond donors (Lipinski definition) is 1. The number of tetrazole rings is 1. The Morgan fingerprint density at radius 3 is 3.09 bits per heavy atom. The zero-order chi connectivity index (χ0) is 16.1. The molecule has 2 aromatic rings. The number of nitrogens with zero attached hydrogens (tertiary/aromatic N) is 5. The van der Waals surface area contributed by atoms with Crippen LogP contribution in [0.2, 0.25) is 0 Å². The monoisotopic (exact) mass is 316 g/mol. The van der Waals surface area contributed by atoms with Gasteiger partial charge >= 0.3 is 0 Å². The summed E-state index contributed by atoms with van der Waals surface area (Å²) in [7, 11) is 0. The summed E-state index contributed by atoms with van der Waals surface area (Å²) in [5.74, 6) is 1.16. The van der Waals surface area contributed by atoms with Gasteiger partial charge in [-0.3, -0.25) is 9.59 Å². The Kier molecular flexibility index (Phi) is 4.80. The van der Waals surface area contributed by atoms with E-state index in [1.54, 1.807) is 22.9 Å². The molecule has 2 aromatic heterocycles. The molecule has 0 spiro atoms. The van der Waals surface area contributed by atoms with Gasteiger partial charge in [0.05, 0.1) is 0 Å². The molecule has 3 heterocycles. The first-order chi connectivity index (χ1) is 11.2. The van der Waals surface area contributed by atoms with E-state index in [2.05, 4.69) is 20.6 Å².